The number of para-hydroxylation sites is 3. The number of nitrogens with one attached hydrogen (secondary N) is 1. The van der Waals surface area contributed by atoms with Crippen molar-refractivity contribution < 1.29 is 14.0 Å². The van der Waals surface area contributed by atoms with Gasteiger partial charge in [-0.15, -0.1) is 0 Å². The Morgan fingerprint density at radius 2 is 1.92 bits per heavy atom. The number of Topliss-reactive ketones (excluding diaryl/α,β-unsaturated/α-hetero) is 1. The van der Waals surface area contributed by atoms with Crippen molar-refractivity contribution in [3.05, 3.63) is 60.0 Å². The third-order valence-electron chi connectivity index (χ3n) is 3.70. The molecule has 0 radical (unpaired) electrons. The molecular formula is C19H15N3O3. The smallest absolute Gasteiger partial charge is 0.221 e. The minimum Gasteiger partial charge on any atom is -0.439 e. The van der Waals surface area contributed by atoms with Crippen molar-refractivity contribution in [1.29, 1.82) is 5.26 Å². The first kappa shape index (κ1) is 16.4. The Morgan fingerprint density at radius 1 is 1.20 bits per heavy atom. The molecule has 0 aliphatic rings. The van der Waals surface area contributed by atoms with Crippen LogP contribution in [0.2, 0.25) is 0 Å². The third kappa shape index (κ3) is 3.56. The summed E-state index contributed by atoms with van der Waals surface area (Å²) >= 11 is 0. The molecule has 0 saturated carbocycles. The number of amides is 1. The van der Waals surface area contributed by atoms with Gasteiger partial charge in [0.25, 0.3) is 0 Å². The van der Waals surface area contributed by atoms with Gasteiger partial charge in [0.2, 0.25) is 11.8 Å². The number of benzene rings is 2. The average Bonchev–Trinajstić information content (AvgIpc) is 3.00. The van der Waals surface area contributed by atoms with E-state index in [9.17, 15) is 14.9 Å². The topological polar surface area (TPSA) is 96.0 Å². The first-order chi connectivity index (χ1) is 12.1. The number of carbonyl (C=O) groups is 2. The number of ketones is 1. The van der Waals surface area contributed by atoms with Crippen molar-refractivity contribution in [2.24, 2.45) is 0 Å². The molecule has 0 bridgehead atoms. The molecule has 1 atom stereocenters. The van der Waals surface area contributed by atoms with E-state index >= 15 is 0 Å². The van der Waals surface area contributed by atoms with Crippen LogP contribution in [0.3, 0.4) is 0 Å². The lowest BCUT2D eigenvalue weighted by Crippen LogP contribution is -2.16. The number of hydrogen-bond acceptors (Lipinski definition) is 5. The first-order valence-electron chi connectivity index (χ1n) is 7.72. The van der Waals surface area contributed by atoms with E-state index in [0.717, 1.165) is 0 Å². The Hall–Kier alpha value is -3.46. The Morgan fingerprint density at radius 3 is 2.64 bits per heavy atom. The minimum absolute atomic E-state index is 0.00654. The van der Waals surface area contributed by atoms with E-state index in [1.165, 1.54) is 6.92 Å². The summed E-state index contributed by atoms with van der Waals surface area (Å²) in [5.74, 6) is -1.58. The van der Waals surface area contributed by atoms with Crippen LogP contribution in [0.1, 0.15) is 24.3 Å². The van der Waals surface area contributed by atoms with Gasteiger partial charge in [-0.2, -0.15) is 5.26 Å². The van der Waals surface area contributed by atoms with Gasteiger partial charge < -0.3 is 9.73 Å². The highest BCUT2D eigenvalue weighted by Gasteiger charge is 2.26. The first-order valence-corrected chi connectivity index (χ1v) is 7.72. The second-order valence-corrected chi connectivity index (χ2v) is 5.56. The molecule has 0 saturated heterocycles. The van der Waals surface area contributed by atoms with Crippen LogP contribution in [0.25, 0.3) is 11.1 Å². The average molecular weight is 333 g/mol. The summed E-state index contributed by atoms with van der Waals surface area (Å²) in [4.78, 5) is 28.2. The molecule has 3 aromatic rings. The number of nitrogens with zero attached hydrogens (tertiary/aromatic N) is 2. The van der Waals surface area contributed by atoms with Crippen LogP contribution in [-0.4, -0.2) is 16.7 Å². The van der Waals surface area contributed by atoms with Crippen LogP contribution in [0.15, 0.2) is 52.9 Å². The zero-order chi connectivity index (χ0) is 17.8. The van der Waals surface area contributed by atoms with Crippen LogP contribution >= 0.6 is 0 Å². The number of oxazole rings is 1. The van der Waals surface area contributed by atoms with E-state index in [-0.39, 0.29) is 24.0 Å². The molecule has 1 N–H and O–H groups in total. The monoisotopic (exact) mass is 333 g/mol. The predicted octanol–water partition coefficient (Wildman–Crippen LogP) is 3.21. The summed E-state index contributed by atoms with van der Waals surface area (Å²) in [6, 6.07) is 16.1. The van der Waals surface area contributed by atoms with E-state index in [1.807, 2.05) is 12.1 Å². The maximum atomic E-state index is 12.6. The lowest BCUT2D eigenvalue weighted by Gasteiger charge is -2.10. The summed E-state index contributed by atoms with van der Waals surface area (Å²) in [6.45, 7) is 1.40. The Bertz CT molecular complexity index is 952. The maximum Gasteiger partial charge on any atom is 0.221 e. The minimum atomic E-state index is -1.10. The molecule has 0 aliphatic carbocycles. The molecule has 124 valence electrons. The van der Waals surface area contributed by atoms with Crippen molar-refractivity contribution in [3.8, 4) is 6.07 Å². The standard InChI is InChI=1S/C19H15N3O3/c1-12(23)21-15-7-3-2-6-13(15)10-17(24)14(11-20)19-22-16-8-4-5-9-18(16)25-19/h2-9,14H,10H2,1H3,(H,21,23)/t14-/m1/s1. The van der Waals surface area contributed by atoms with E-state index < -0.39 is 5.92 Å². The highest BCUT2D eigenvalue weighted by atomic mass is 16.3. The summed E-state index contributed by atoms with van der Waals surface area (Å²) < 4.78 is 5.55. The molecule has 1 amide bonds. The molecule has 6 heteroatoms. The fraction of sp³-hybridized carbons (Fsp3) is 0.158. The molecule has 0 fully saturated rings. The lowest BCUT2D eigenvalue weighted by atomic mass is 9.98. The van der Waals surface area contributed by atoms with E-state index in [0.29, 0.717) is 22.4 Å². The van der Waals surface area contributed by atoms with Crippen LogP contribution in [0.5, 0.6) is 0 Å². The number of carbonyl (C=O) groups excluding carboxylic acids is 2. The van der Waals surface area contributed by atoms with Gasteiger partial charge in [0.1, 0.15) is 5.52 Å². The SMILES string of the molecule is CC(=O)Nc1ccccc1CC(=O)[C@@H](C#N)c1nc2ccccc2o1. The van der Waals surface area contributed by atoms with Crippen LogP contribution < -0.4 is 5.32 Å². The number of fused-ring (bicyclic) bond motifs is 1. The highest BCUT2D eigenvalue weighted by molar-refractivity contribution is 5.93. The Labute approximate surface area is 144 Å². The Balaban J connectivity index is 1.86. The van der Waals surface area contributed by atoms with Crippen molar-refractivity contribution in [2.75, 3.05) is 5.32 Å². The summed E-state index contributed by atoms with van der Waals surface area (Å²) in [5.41, 5.74) is 2.32. The predicted molar refractivity (Wildman–Crippen MR) is 91.8 cm³/mol. The summed E-state index contributed by atoms with van der Waals surface area (Å²) in [6.07, 6.45) is -0.00654. The number of nitriles is 1. The van der Waals surface area contributed by atoms with Gasteiger partial charge in [-0.3, -0.25) is 9.59 Å². The quantitative estimate of drug-likeness (QED) is 0.773. The largest absolute Gasteiger partial charge is 0.439 e. The zero-order valence-electron chi connectivity index (χ0n) is 13.5. The fourth-order valence-corrected chi connectivity index (χ4v) is 2.55. The maximum absolute atomic E-state index is 12.6. The van der Waals surface area contributed by atoms with Crippen molar-refractivity contribution in [3.63, 3.8) is 0 Å². The molecule has 6 nitrogen and oxygen atoms in total. The third-order valence-corrected chi connectivity index (χ3v) is 3.70. The van der Waals surface area contributed by atoms with Crippen LogP contribution in [0, 0.1) is 11.3 Å². The molecule has 0 spiro atoms. The molecule has 2 aromatic carbocycles. The van der Waals surface area contributed by atoms with E-state index in [1.54, 1.807) is 42.5 Å². The van der Waals surface area contributed by atoms with Gasteiger partial charge in [0, 0.05) is 19.0 Å². The number of anilines is 1. The highest BCUT2D eigenvalue weighted by Crippen LogP contribution is 2.24. The molecule has 0 aliphatic heterocycles. The number of rotatable bonds is 5. The summed E-state index contributed by atoms with van der Waals surface area (Å²) in [7, 11) is 0. The van der Waals surface area contributed by atoms with Gasteiger partial charge in [-0.05, 0) is 23.8 Å². The fourth-order valence-electron chi connectivity index (χ4n) is 2.55. The molecule has 1 heterocycles. The second-order valence-electron chi connectivity index (χ2n) is 5.56. The van der Waals surface area contributed by atoms with Gasteiger partial charge in [-0.1, -0.05) is 30.3 Å². The lowest BCUT2D eigenvalue weighted by molar-refractivity contribution is -0.119. The van der Waals surface area contributed by atoms with Gasteiger partial charge in [-0.25, -0.2) is 4.98 Å². The Kier molecular flexibility index (Phi) is 4.57. The number of aromatic nitrogens is 1. The van der Waals surface area contributed by atoms with Crippen LogP contribution in [-0.2, 0) is 16.0 Å². The zero-order valence-corrected chi connectivity index (χ0v) is 13.5. The number of hydrogen-bond donors (Lipinski definition) is 1. The molecule has 1 aromatic heterocycles. The second kappa shape index (κ2) is 6.97. The van der Waals surface area contributed by atoms with Gasteiger partial charge in [0.05, 0.1) is 6.07 Å². The van der Waals surface area contributed by atoms with Crippen molar-refractivity contribution >= 4 is 28.5 Å². The normalized spacial score (nSPS) is 11.7. The summed E-state index contributed by atoms with van der Waals surface area (Å²) in [5, 5.41) is 12.1. The van der Waals surface area contributed by atoms with Crippen LogP contribution in [0.4, 0.5) is 5.69 Å². The van der Waals surface area contributed by atoms with Gasteiger partial charge in [0.15, 0.2) is 17.3 Å². The van der Waals surface area contributed by atoms with Gasteiger partial charge >= 0.3 is 0 Å². The van der Waals surface area contributed by atoms with E-state index in [2.05, 4.69) is 10.3 Å². The molecule has 3 rings (SSSR count). The molecule has 0 unspecified atom stereocenters. The van der Waals surface area contributed by atoms with Crippen molar-refractivity contribution in [2.45, 2.75) is 19.3 Å². The molecular weight excluding hydrogens is 318 g/mol. The van der Waals surface area contributed by atoms with E-state index in [4.69, 9.17) is 4.42 Å². The molecule has 25 heavy (non-hydrogen) atoms. The van der Waals surface area contributed by atoms with Crippen molar-refractivity contribution in [1.82, 2.24) is 4.98 Å².